The lowest BCUT2D eigenvalue weighted by Crippen LogP contribution is -2.46. The third kappa shape index (κ3) is 3.76. The van der Waals surface area contributed by atoms with Gasteiger partial charge in [0.15, 0.2) is 0 Å². The van der Waals surface area contributed by atoms with E-state index in [0.717, 1.165) is 0 Å². The number of likely N-dealkylation sites (tertiary alicyclic amines) is 1. The number of carboxylic acids is 1. The van der Waals surface area contributed by atoms with Gasteiger partial charge in [0.25, 0.3) is 5.91 Å². The highest BCUT2D eigenvalue weighted by atomic mass is 35.5. The first-order valence-electron chi connectivity index (χ1n) is 6.96. The summed E-state index contributed by atoms with van der Waals surface area (Å²) in [5, 5.41) is 12.1. The van der Waals surface area contributed by atoms with E-state index in [0.29, 0.717) is 23.6 Å². The molecule has 2 unspecified atom stereocenters. The Morgan fingerprint density at radius 2 is 1.95 bits per heavy atom. The van der Waals surface area contributed by atoms with E-state index < -0.39 is 17.9 Å². The normalized spacial score (nSPS) is 18.8. The van der Waals surface area contributed by atoms with E-state index in [9.17, 15) is 14.4 Å². The van der Waals surface area contributed by atoms with E-state index in [-0.39, 0.29) is 18.4 Å². The van der Waals surface area contributed by atoms with Crippen molar-refractivity contribution in [1.82, 2.24) is 10.2 Å². The number of hydrogen-bond acceptors (Lipinski definition) is 3. The number of amides is 2. The zero-order valence-corrected chi connectivity index (χ0v) is 12.8. The molecule has 1 aromatic carbocycles. The Hall–Kier alpha value is -2.08. The van der Waals surface area contributed by atoms with Crippen molar-refractivity contribution >= 4 is 29.4 Å². The second-order valence-corrected chi connectivity index (χ2v) is 5.75. The van der Waals surface area contributed by atoms with Gasteiger partial charge in [0.05, 0.1) is 5.92 Å². The Labute approximate surface area is 133 Å². The van der Waals surface area contributed by atoms with Crippen LogP contribution in [0.5, 0.6) is 0 Å². The molecule has 2 N–H and O–H groups in total. The van der Waals surface area contributed by atoms with Gasteiger partial charge in [-0.25, -0.2) is 0 Å². The maximum Gasteiger partial charge on any atom is 0.308 e. The first kappa shape index (κ1) is 16.3. The number of hydrogen-bond donors (Lipinski definition) is 2. The highest BCUT2D eigenvalue weighted by Gasteiger charge is 2.33. The van der Waals surface area contributed by atoms with Gasteiger partial charge in [-0.1, -0.05) is 11.6 Å². The Morgan fingerprint density at radius 3 is 2.50 bits per heavy atom. The first-order valence-corrected chi connectivity index (χ1v) is 7.34. The zero-order chi connectivity index (χ0) is 16.3. The second kappa shape index (κ2) is 6.79. The van der Waals surface area contributed by atoms with Gasteiger partial charge in [0.2, 0.25) is 5.91 Å². The fourth-order valence-corrected chi connectivity index (χ4v) is 2.50. The predicted molar refractivity (Wildman–Crippen MR) is 80.7 cm³/mol. The van der Waals surface area contributed by atoms with Crippen molar-refractivity contribution in [3.8, 4) is 0 Å². The van der Waals surface area contributed by atoms with E-state index in [1.54, 1.807) is 31.2 Å². The summed E-state index contributed by atoms with van der Waals surface area (Å²) in [6, 6.07) is 5.63. The highest BCUT2D eigenvalue weighted by Crippen LogP contribution is 2.17. The fraction of sp³-hybridized carbons (Fsp3) is 0.400. The van der Waals surface area contributed by atoms with Crippen molar-refractivity contribution in [3.05, 3.63) is 34.9 Å². The second-order valence-electron chi connectivity index (χ2n) is 5.31. The molecule has 1 aliphatic heterocycles. The van der Waals surface area contributed by atoms with Gasteiger partial charge in [0, 0.05) is 23.7 Å². The Morgan fingerprint density at radius 1 is 1.32 bits per heavy atom. The van der Waals surface area contributed by atoms with Crippen LogP contribution in [-0.2, 0) is 9.59 Å². The molecule has 2 amide bonds. The van der Waals surface area contributed by atoms with Crippen molar-refractivity contribution in [1.29, 1.82) is 0 Å². The first-order chi connectivity index (χ1) is 10.4. The molecule has 7 heteroatoms. The summed E-state index contributed by atoms with van der Waals surface area (Å²) in [5.74, 6) is -2.06. The van der Waals surface area contributed by atoms with Gasteiger partial charge < -0.3 is 15.3 Å². The maximum atomic E-state index is 12.2. The molecule has 1 saturated heterocycles. The van der Waals surface area contributed by atoms with Crippen LogP contribution in [0.4, 0.5) is 0 Å². The van der Waals surface area contributed by atoms with E-state index in [1.165, 1.54) is 4.90 Å². The minimum atomic E-state index is -0.895. The van der Waals surface area contributed by atoms with Crippen molar-refractivity contribution in [2.45, 2.75) is 19.4 Å². The van der Waals surface area contributed by atoms with Crippen LogP contribution in [0.25, 0.3) is 0 Å². The SMILES string of the molecule is CC(NC(=O)c1ccc(Cl)cc1)C(=O)N1CCC(C(=O)O)C1. The number of carbonyl (C=O) groups excluding carboxylic acids is 2. The molecule has 2 atom stereocenters. The van der Waals surface area contributed by atoms with E-state index in [1.807, 2.05) is 0 Å². The lowest BCUT2D eigenvalue weighted by atomic mass is 10.1. The quantitative estimate of drug-likeness (QED) is 0.876. The summed E-state index contributed by atoms with van der Waals surface area (Å²) in [5.41, 5.74) is 0.411. The van der Waals surface area contributed by atoms with E-state index >= 15 is 0 Å². The molecule has 118 valence electrons. The van der Waals surface area contributed by atoms with Gasteiger partial charge in [0.1, 0.15) is 6.04 Å². The molecule has 2 rings (SSSR count). The molecule has 0 aromatic heterocycles. The smallest absolute Gasteiger partial charge is 0.308 e. The Bertz CT molecular complexity index is 588. The van der Waals surface area contributed by atoms with E-state index in [4.69, 9.17) is 16.7 Å². The molecular formula is C15H17ClN2O4. The van der Waals surface area contributed by atoms with Crippen molar-refractivity contribution < 1.29 is 19.5 Å². The Kier molecular flexibility index (Phi) is 5.03. The van der Waals surface area contributed by atoms with Crippen LogP contribution in [0, 0.1) is 5.92 Å². The van der Waals surface area contributed by atoms with Gasteiger partial charge in [-0.15, -0.1) is 0 Å². The van der Waals surface area contributed by atoms with Crippen molar-refractivity contribution in [2.75, 3.05) is 13.1 Å². The number of carboxylic acid groups (broad SMARTS) is 1. The third-order valence-electron chi connectivity index (χ3n) is 3.67. The Balaban J connectivity index is 1.93. The molecule has 0 spiro atoms. The van der Waals surface area contributed by atoms with Crippen LogP contribution < -0.4 is 5.32 Å². The number of aliphatic carboxylic acids is 1. The maximum absolute atomic E-state index is 12.2. The van der Waals surface area contributed by atoms with Crippen LogP contribution in [0.3, 0.4) is 0 Å². The number of benzene rings is 1. The lowest BCUT2D eigenvalue weighted by Gasteiger charge is -2.21. The average Bonchev–Trinajstić information content (AvgIpc) is 2.97. The highest BCUT2D eigenvalue weighted by molar-refractivity contribution is 6.30. The average molecular weight is 325 g/mol. The van der Waals surface area contributed by atoms with Crippen LogP contribution in [-0.4, -0.2) is 46.9 Å². The number of nitrogens with one attached hydrogen (secondary N) is 1. The largest absolute Gasteiger partial charge is 0.481 e. The molecule has 1 fully saturated rings. The number of carbonyl (C=O) groups is 3. The molecule has 1 aromatic rings. The van der Waals surface area contributed by atoms with E-state index in [2.05, 4.69) is 5.32 Å². The molecule has 0 saturated carbocycles. The third-order valence-corrected chi connectivity index (χ3v) is 3.93. The van der Waals surface area contributed by atoms with Crippen molar-refractivity contribution in [2.24, 2.45) is 5.92 Å². The zero-order valence-electron chi connectivity index (χ0n) is 12.1. The van der Waals surface area contributed by atoms with Crippen LogP contribution >= 0.6 is 11.6 Å². The molecule has 1 aliphatic rings. The van der Waals surface area contributed by atoms with Crippen molar-refractivity contribution in [3.63, 3.8) is 0 Å². The number of halogens is 1. The van der Waals surface area contributed by atoms with Gasteiger partial charge in [-0.2, -0.15) is 0 Å². The summed E-state index contributed by atoms with van der Waals surface area (Å²) in [4.78, 5) is 36.7. The minimum Gasteiger partial charge on any atom is -0.481 e. The van der Waals surface area contributed by atoms with Crippen LogP contribution in [0.1, 0.15) is 23.7 Å². The topological polar surface area (TPSA) is 86.7 Å². The standard InChI is InChI=1S/C15H17ClN2O4/c1-9(14(20)18-7-6-11(8-18)15(21)22)17-13(19)10-2-4-12(16)5-3-10/h2-5,9,11H,6-8H2,1H3,(H,17,19)(H,21,22). The monoisotopic (exact) mass is 324 g/mol. The molecule has 0 aliphatic carbocycles. The number of nitrogens with zero attached hydrogens (tertiary/aromatic N) is 1. The molecule has 6 nitrogen and oxygen atoms in total. The van der Waals surface area contributed by atoms with Gasteiger partial charge in [-0.05, 0) is 37.6 Å². The predicted octanol–water partition coefficient (Wildman–Crippen LogP) is 1.39. The van der Waals surface area contributed by atoms with Gasteiger partial charge in [-0.3, -0.25) is 14.4 Å². The lowest BCUT2D eigenvalue weighted by molar-refractivity contribution is -0.141. The summed E-state index contributed by atoms with van der Waals surface area (Å²) in [7, 11) is 0. The molecule has 0 radical (unpaired) electrons. The number of rotatable bonds is 4. The summed E-state index contributed by atoms with van der Waals surface area (Å²) < 4.78 is 0. The van der Waals surface area contributed by atoms with Gasteiger partial charge >= 0.3 is 5.97 Å². The summed E-state index contributed by atoms with van der Waals surface area (Å²) in [6.07, 6.45) is 0.443. The summed E-state index contributed by atoms with van der Waals surface area (Å²) in [6.45, 7) is 2.18. The molecule has 22 heavy (non-hydrogen) atoms. The summed E-state index contributed by atoms with van der Waals surface area (Å²) >= 11 is 5.76. The molecule has 0 bridgehead atoms. The van der Waals surface area contributed by atoms with Crippen LogP contribution in [0.15, 0.2) is 24.3 Å². The fourth-order valence-electron chi connectivity index (χ4n) is 2.38. The van der Waals surface area contributed by atoms with Crippen LogP contribution in [0.2, 0.25) is 5.02 Å². The minimum absolute atomic E-state index is 0.190. The molecular weight excluding hydrogens is 308 g/mol. The molecule has 1 heterocycles.